The van der Waals surface area contributed by atoms with Crippen molar-refractivity contribution >= 4 is 16.8 Å². The van der Waals surface area contributed by atoms with E-state index < -0.39 is 0 Å². The minimum Gasteiger partial charge on any atom is -0.242 e. The molecule has 1 nitrogen and oxygen atoms in total. The largest absolute Gasteiger partial charge is 0.242 e. The summed E-state index contributed by atoms with van der Waals surface area (Å²) >= 11 is -0.213. The summed E-state index contributed by atoms with van der Waals surface area (Å²) in [7, 11) is 0. The van der Waals surface area contributed by atoms with Crippen LogP contribution in [0.25, 0.3) is 0 Å². The van der Waals surface area contributed by atoms with Gasteiger partial charge in [0.2, 0.25) is 0 Å². The van der Waals surface area contributed by atoms with Gasteiger partial charge in [-0.15, -0.1) is 11.1 Å². The van der Waals surface area contributed by atoms with Crippen LogP contribution in [0.3, 0.4) is 0 Å². The zero-order chi connectivity index (χ0) is 6.69. The first-order valence-electron chi connectivity index (χ1n) is 2.92. The Bertz CT molecular complexity index is 179. The molecule has 0 aromatic rings. The number of hydrogen-bond donors (Lipinski definition) is 1. The van der Waals surface area contributed by atoms with Crippen LogP contribution < -0.4 is 0 Å². The highest BCUT2D eigenvalue weighted by molar-refractivity contribution is 8.18. The van der Waals surface area contributed by atoms with Crippen LogP contribution in [0.15, 0.2) is 28.0 Å². The molecule has 0 saturated heterocycles. The Morgan fingerprint density at radius 3 is 3.00 bits per heavy atom. The van der Waals surface area contributed by atoms with Gasteiger partial charge in [-0.25, -0.2) is 4.40 Å². The summed E-state index contributed by atoms with van der Waals surface area (Å²) in [5.74, 6) is 0. The normalized spacial score (nSPS) is 29.6. The first kappa shape index (κ1) is 6.62. The smallest absolute Gasteiger partial charge is 0.0437 e. The van der Waals surface area contributed by atoms with Gasteiger partial charge in [0.15, 0.2) is 0 Å². The van der Waals surface area contributed by atoms with Crippen LogP contribution in [0.5, 0.6) is 0 Å². The van der Waals surface area contributed by atoms with Gasteiger partial charge < -0.3 is 0 Å². The minimum absolute atomic E-state index is 0.213. The lowest BCUT2D eigenvalue weighted by Gasteiger charge is -2.00. The number of allylic oxidation sites excluding steroid dienone is 3. The topological polar surface area (TPSA) is 12.4 Å². The Kier molecular flexibility index (Phi) is 2.11. The Morgan fingerprint density at radius 1 is 1.44 bits per heavy atom. The van der Waals surface area contributed by atoms with Gasteiger partial charge in [-0.3, -0.25) is 0 Å². The van der Waals surface area contributed by atoms with Crippen molar-refractivity contribution in [1.82, 2.24) is 0 Å². The fraction of sp³-hybridized carbons (Fsp3) is 0.286. The Labute approximate surface area is 58.7 Å². The molecule has 1 unspecified atom stereocenters. The predicted molar refractivity (Wildman–Crippen MR) is 46.3 cm³/mol. The molecule has 1 atom stereocenters. The van der Waals surface area contributed by atoms with Crippen molar-refractivity contribution in [2.75, 3.05) is 6.26 Å². The summed E-state index contributed by atoms with van der Waals surface area (Å²) in [5.41, 5.74) is 1.13. The molecule has 0 aromatic carbocycles. The van der Waals surface area contributed by atoms with Gasteiger partial charge >= 0.3 is 0 Å². The molecule has 0 aliphatic carbocycles. The van der Waals surface area contributed by atoms with E-state index in [0.717, 1.165) is 5.71 Å². The summed E-state index contributed by atoms with van der Waals surface area (Å²) in [6, 6.07) is 0. The second-order valence-electron chi connectivity index (χ2n) is 2.02. The average Bonchev–Trinajstić information content (AvgIpc) is 1.93. The van der Waals surface area contributed by atoms with Crippen molar-refractivity contribution in [2.45, 2.75) is 6.92 Å². The van der Waals surface area contributed by atoms with Gasteiger partial charge in [-0.05, 0) is 24.7 Å². The lowest BCUT2D eigenvalue weighted by atomic mass is 10.4. The molecule has 0 N–H and O–H groups in total. The zero-order valence-electron chi connectivity index (χ0n) is 5.70. The van der Waals surface area contributed by atoms with Crippen LogP contribution >= 0.6 is 11.1 Å². The van der Waals surface area contributed by atoms with Crippen molar-refractivity contribution in [1.29, 1.82) is 0 Å². The van der Waals surface area contributed by atoms with Gasteiger partial charge in [0.05, 0.1) is 0 Å². The fourth-order valence-electron chi connectivity index (χ4n) is 0.685. The van der Waals surface area contributed by atoms with Crippen LogP contribution in [0.2, 0.25) is 0 Å². The van der Waals surface area contributed by atoms with Gasteiger partial charge in [0, 0.05) is 5.71 Å². The highest BCUT2D eigenvalue weighted by Gasteiger charge is 1.89. The summed E-state index contributed by atoms with van der Waals surface area (Å²) in [6.07, 6.45) is 8.26. The van der Waals surface area contributed by atoms with E-state index in [0.29, 0.717) is 0 Å². The molecule has 0 spiro atoms. The summed E-state index contributed by atoms with van der Waals surface area (Å²) in [4.78, 5) is 0. The highest BCUT2D eigenvalue weighted by atomic mass is 32.2. The number of rotatable bonds is 0. The summed E-state index contributed by atoms with van der Waals surface area (Å²) < 4.78 is 4.38. The quantitative estimate of drug-likeness (QED) is 0.496. The van der Waals surface area contributed by atoms with Gasteiger partial charge in [-0.2, -0.15) is 0 Å². The van der Waals surface area contributed by atoms with E-state index in [9.17, 15) is 0 Å². The number of nitrogens with zero attached hydrogens (tertiary/aromatic N) is 1. The second-order valence-corrected chi connectivity index (χ2v) is 3.66. The van der Waals surface area contributed by atoms with E-state index >= 15 is 0 Å². The Morgan fingerprint density at radius 2 is 2.22 bits per heavy atom. The maximum absolute atomic E-state index is 4.38. The first-order chi connectivity index (χ1) is 4.29. The van der Waals surface area contributed by atoms with Crippen LogP contribution in [0.4, 0.5) is 0 Å². The van der Waals surface area contributed by atoms with Crippen molar-refractivity contribution < 1.29 is 0 Å². The van der Waals surface area contributed by atoms with Crippen molar-refractivity contribution in [3.05, 3.63) is 23.6 Å². The average molecular weight is 141 g/mol. The minimum atomic E-state index is -0.213. The first-order valence-corrected chi connectivity index (χ1v) is 4.73. The molecular weight excluding hydrogens is 130 g/mol. The van der Waals surface area contributed by atoms with Crippen molar-refractivity contribution in [3.8, 4) is 0 Å². The van der Waals surface area contributed by atoms with Crippen LogP contribution in [0, 0.1) is 0 Å². The van der Waals surface area contributed by atoms with Crippen molar-refractivity contribution in [3.63, 3.8) is 0 Å². The molecule has 1 heterocycles. The molecule has 0 amide bonds. The molecule has 50 valence electrons. The fourth-order valence-corrected chi connectivity index (χ4v) is 1.66. The third kappa shape index (κ3) is 2.06. The van der Waals surface area contributed by atoms with Crippen LogP contribution in [-0.4, -0.2) is 12.0 Å². The molecule has 0 radical (unpaired) electrons. The Hall–Kier alpha value is -0.500. The third-order valence-corrected chi connectivity index (χ3v) is 2.30. The van der Waals surface area contributed by atoms with E-state index in [-0.39, 0.29) is 11.1 Å². The second kappa shape index (κ2) is 2.87. The molecule has 1 aliphatic rings. The molecule has 9 heavy (non-hydrogen) atoms. The predicted octanol–water partition coefficient (Wildman–Crippen LogP) is 2.08. The van der Waals surface area contributed by atoms with Crippen LogP contribution in [0.1, 0.15) is 6.92 Å². The summed E-state index contributed by atoms with van der Waals surface area (Å²) in [5, 5.41) is 2.14. The van der Waals surface area contributed by atoms with E-state index in [2.05, 4.69) is 22.1 Å². The van der Waals surface area contributed by atoms with Gasteiger partial charge in [0.25, 0.3) is 0 Å². The lowest BCUT2D eigenvalue weighted by molar-refractivity contribution is 1.77. The van der Waals surface area contributed by atoms with E-state index in [1.807, 2.05) is 19.1 Å². The summed E-state index contributed by atoms with van der Waals surface area (Å²) in [6.45, 7) is 2.03. The molecular formula is C7H11NS. The molecule has 0 bridgehead atoms. The zero-order valence-corrected chi connectivity index (χ0v) is 6.60. The molecule has 1 rings (SSSR count). The SMILES string of the molecule is CC1=N[SH](C)C=CC=C1. The van der Waals surface area contributed by atoms with Crippen LogP contribution in [-0.2, 0) is 0 Å². The monoisotopic (exact) mass is 141 g/mol. The van der Waals surface area contributed by atoms with E-state index in [1.54, 1.807) is 0 Å². The van der Waals surface area contributed by atoms with E-state index in [4.69, 9.17) is 0 Å². The van der Waals surface area contributed by atoms with Gasteiger partial charge in [-0.1, -0.05) is 12.2 Å². The maximum atomic E-state index is 4.38. The molecule has 0 saturated carbocycles. The standard InChI is InChI=1S/C7H11NS/c1-7-5-3-4-6-9(2)8-7/h3-6,9H,1-2H3. The number of hydrogen-bond acceptors (Lipinski definition) is 1. The maximum Gasteiger partial charge on any atom is 0.0437 e. The highest BCUT2D eigenvalue weighted by Crippen LogP contribution is 2.24. The van der Waals surface area contributed by atoms with Crippen molar-refractivity contribution in [2.24, 2.45) is 4.40 Å². The third-order valence-electron chi connectivity index (χ3n) is 1.07. The van der Waals surface area contributed by atoms with Gasteiger partial charge in [0.1, 0.15) is 0 Å². The molecule has 2 heteroatoms. The lowest BCUT2D eigenvalue weighted by Crippen LogP contribution is -1.80. The number of thiol groups is 1. The molecule has 0 fully saturated rings. The molecule has 1 aliphatic heterocycles. The Balaban J connectivity index is 2.77. The molecule has 0 aromatic heterocycles. The van der Waals surface area contributed by atoms with E-state index in [1.165, 1.54) is 0 Å².